The van der Waals surface area contributed by atoms with Crippen molar-refractivity contribution in [2.24, 2.45) is 0 Å². The molecule has 7 nitrogen and oxygen atoms in total. The van der Waals surface area contributed by atoms with Gasteiger partial charge in [0.05, 0.1) is 13.2 Å². The Morgan fingerprint density at radius 2 is 1.50 bits per heavy atom. The first-order chi connectivity index (χ1) is 13.3. The number of ether oxygens (including phenoxy) is 2. The van der Waals surface area contributed by atoms with Gasteiger partial charge >= 0.3 is 11.9 Å². The van der Waals surface area contributed by atoms with Gasteiger partial charge in [-0.1, -0.05) is 19.1 Å². The van der Waals surface area contributed by atoms with E-state index in [1.54, 1.807) is 13.8 Å². The molecule has 1 N–H and O–H groups in total. The lowest BCUT2D eigenvalue weighted by Gasteiger charge is -2.30. The number of nitrogens with one attached hydrogen (secondary N) is 1. The number of hydrogen-bond acceptors (Lipinski definition) is 6. The molecule has 0 aliphatic heterocycles. The Bertz CT molecular complexity index is 639. The van der Waals surface area contributed by atoms with E-state index in [1.165, 1.54) is 6.92 Å². The number of hydrogen-bond donors (Lipinski definition) is 1. The second-order valence-corrected chi connectivity index (χ2v) is 6.45. The van der Waals surface area contributed by atoms with Crippen molar-refractivity contribution >= 4 is 23.5 Å². The molecule has 0 heterocycles. The Kier molecular flexibility index (Phi) is 9.48. The van der Waals surface area contributed by atoms with Gasteiger partial charge in [0.2, 0.25) is 11.4 Å². The normalized spacial score (nSPS) is 10.9. The number of carbonyl (C=O) groups excluding carboxylic acids is 3. The van der Waals surface area contributed by atoms with E-state index >= 15 is 0 Å². The van der Waals surface area contributed by atoms with Crippen LogP contribution in [0.15, 0.2) is 24.3 Å². The maximum atomic E-state index is 12.7. The summed E-state index contributed by atoms with van der Waals surface area (Å²) in [5.74, 6) is -2.17. The van der Waals surface area contributed by atoms with Crippen LogP contribution in [0.1, 0.15) is 46.6 Å². The van der Waals surface area contributed by atoms with Crippen molar-refractivity contribution in [3.63, 3.8) is 0 Å². The fraction of sp³-hybridized carbons (Fsp3) is 0.571. The molecule has 28 heavy (non-hydrogen) atoms. The third-order valence-corrected chi connectivity index (χ3v) is 4.28. The summed E-state index contributed by atoms with van der Waals surface area (Å²) in [5, 5.41) is 2.48. The quantitative estimate of drug-likeness (QED) is 0.460. The largest absolute Gasteiger partial charge is 0.464 e. The van der Waals surface area contributed by atoms with Gasteiger partial charge in [0.1, 0.15) is 0 Å². The van der Waals surface area contributed by atoms with Crippen LogP contribution in [0.4, 0.5) is 5.69 Å². The van der Waals surface area contributed by atoms with Crippen molar-refractivity contribution in [3.05, 3.63) is 29.8 Å². The van der Waals surface area contributed by atoms with Crippen molar-refractivity contribution in [2.45, 2.75) is 53.0 Å². The first-order valence-corrected chi connectivity index (χ1v) is 9.81. The minimum atomic E-state index is -1.91. The molecule has 156 valence electrons. The standard InChI is InChI=1S/C21H32N2O5/c1-6-14-23(7-2)18-12-10-17(11-13-18)15-21(22-16(5)24,19(25)27-8-3)20(26)28-9-4/h10-13H,6-9,14-15H2,1-5H3,(H,22,24). The Labute approximate surface area is 167 Å². The van der Waals surface area contributed by atoms with Crippen LogP contribution in [0.5, 0.6) is 0 Å². The summed E-state index contributed by atoms with van der Waals surface area (Å²) in [6.45, 7) is 10.7. The highest BCUT2D eigenvalue weighted by atomic mass is 16.6. The predicted molar refractivity (Wildman–Crippen MR) is 108 cm³/mol. The van der Waals surface area contributed by atoms with Gasteiger partial charge in [0.25, 0.3) is 0 Å². The van der Waals surface area contributed by atoms with Crippen LogP contribution < -0.4 is 10.2 Å². The minimum absolute atomic E-state index is 0.0512. The lowest BCUT2D eigenvalue weighted by atomic mass is 9.90. The molecule has 0 spiro atoms. The average Bonchev–Trinajstić information content (AvgIpc) is 2.66. The molecular formula is C21H32N2O5. The summed E-state index contributed by atoms with van der Waals surface area (Å²) in [5.41, 5.74) is -0.135. The van der Waals surface area contributed by atoms with Crippen LogP contribution in [0.3, 0.4) is 0 Å². The Morgan fingerprint density at radius 1 is 0.964 bits per heavy atom. The third-order valence-electron chi connectivity index (χ3n) is 4.28. The molecule has 0 aromatic heterocycles. The van der Waals surface area contributed by atoms with Crippen molar-refractivity contribution in [1.29, 1.82) is 0 Å². The summed E-state index contributed by atoms with van der Waals surface area (Å²) in [4.78, 5) is 39.4. The highest BCUT2D eigenvalue weighted by molar-refractivity contribution is 6.08. The number of esters is 2. The average molecular weight is 392 g/mol. The maximum absolute atomic E-state index is 12.7. The molecule has 7 heteroatoms. The second kappa shape index (κ2) is 11.3. The van der Waals surface area contributed by atoms with E-state index in [1.807, 2.05) is 24.3 Å². The van der Waals surface area contributed by atoms with Gasteiger partial charge in [-0.3, -0.25) is 4.79 Å². The van der Waals surface area contributed by atoms with E-state index in [4.69, 9.17) is 9.47 Å². The number of nitrogens with zero attached hydrogens (tertiary/aromatic N) is 1. The molecule has 0 saturated carbocycles. The number of carbonyl (C=O) groups is 3. The van der Waals surface area contributed by atoms with Crippen molar-refractivity contribution < 1.29 is 23.9 Å². The van der Waals surface area contributed by atoms with Crippen LogP contribution in [-0.4, -0.2) is 49.7 Å². The molecule has 0 radical (unpaired) electrons. The van der Waals surface area contributed by atoms with Crippen LogP contribution >= 0.6 is 0 Å². The Balaban J connectivity index is 3.25. The zero-order valence-corrected chi connectivity index (χ0v) is 17.5. The second-order valence-electron chi connectivity index (χ2n) is 6.45. The number of benzene rings is 1. The summed E-state index contributed by atoms with van der Waals surface area (Å²) in [6, 6.07) is 7.60. The minimum Gasteiger partial charge on any atom is -0.464 e. The number of rotatable bonds is 11. The SMILES string of the molecule is CCCN(CC)c1ccc(CC(NC(C)=O)(C(=O)OCC)C(=O)OCC)cc1. The third kappa shape index (κ3) is 5.97. The van der Waals surface area contributed by atoms with Gasteiger partial charge in [0.15, 0.2) is 0 Å². The molecule has 0 aliphatic rings. The predicted octanol–water partition coefficient (Wildman–Crippen LogP) is 2.47. The fourth-order valence-electron chi connectivity index (χ4n) is 3.05. The van der Waals surface area contributed by atoms with Gasteiger partial charge in [-0.25, -0.2) is 9.59 Å². The van der Waals surface area contributed by atoms with Crippen molar-refractivity contribution in [1.82, 2.24) is 5.32 Å². The van der Waals surface area contributed by atoms with Crippen molar-refractivity contribution in [2.75, 3.05) is 31.2 Å². The van der Waals surface area contributed by atoms with Crippen LogP contribution in [-0.2, 0) is 30.3 Å². The summed E-state index contributed by atoms with van der Waals surface area (Å²) in [7, 11) is 0. The molecule has 0 atom stereocenters. The molecular weight excluding hydrogens is 360 g/mol. The smallest absolute Gasteiger partial charge is 0.344 e. The van der Waals surface area contributed by atoms with Gasteiger partial charge in [-0.05, 0) is 44.9 Å². The summed E-state index contributed by atoms with van der Waals surface area (Å²) < 4.78 is 10.2. The molecule has 1 aromatic rings. The lowest BCUT2D eigenvalue weighted by Crippen LogP contribution is -2.62. The fourth-order valence-corrected chi connectivity index (χ4v) is 3.05. The number of anilines is 1. The van der Waals surface area contributed by atoms with E-state index < -0.39 is 23.4 Å². The van der Waals surface area contributed by atoms with E-state index in [0.717, 1.165) is 25.2 Å². The summed E-state index contributed by atoms with van der Waals surface area (Å²) >= 11 is 0. The van der Waals surface area contributed by atoms with Gasteiger partial charge in [-0.15, -0.1) is 0 Å². The van der Waals surface area contributed by atoms with Gasteiger partial charge in [0, 0.05) is 32.1 Å². The molecule has 1 amide bonds. The molecule has 0 fully saturated rings. The van der Waals surface area contributed by atoms with Gasteiger partial charge < -0.3 is 19.7 Å². The monoisotopic (exact) mass is 392 g/mol. The van der Waals surface area contributed by atoms with Crippen LogP contribution in [0.25, 0.3) is 0 Å². The Morgan fingerprint density at radius 3 is 1.89 bits per heavy atom. The molecule has 0 bridgehead atoms. The Hall–Kier alpha value is -2.57. The highest BCUT2D eigenvalue weighted by Crippen LogP contribution is 2.22. The van der Waals surface area contributed by atoms with E-state index in [-0.39, 0.29) is 19.6 Å². The van der Waals surface area contributed by atoms with Gasteiger partial charge in [-0.2, -0.15) is 0 Å². The molecule has 0 saturated heterocycles. The molecule has 0 unspecified atom stereocenters. The van der Waals surface area contributed by atoms with Crippen LogP contribution in [0, 0.1) is 0 Å². The first-order valence-electron chi connectivity index (χ1n) is 9.81. The molecule has 1 aromatic carbocycles. The number of amides is 1. The van der Waals surface area contributed by atoms with Crippen molar-refractivity contribution in [3.8, 4) is 0 Å². The van der Waals surface area contributed by atoms with E-state index in [0.29, 0.717) is 5.56 Å². The zero-order chi connectivity index (χ0) is 21.2. The van der Waals surface area contributed by atoms with Crippen LogP contribution in [0.2, 0.25) is 0 Å². The summed E-state index contributed by atoms with van der Waals surface area (Å²) in [6.07, 6.45) is 0.984. The first kappa shape index (κ1) is 23.5. The zero-order valence-electron chi connectivity index (χ0n) is 17.5. The van der Waals surface area contributed by atoms with E-state index in [2.05, 4.69) is 24.1 Å². The highest BCUT2D eigenvalue weighted by Gasteiger charge is 2.50. The molecule has 1 rings (SSSR count). The van der Waals surface area contributed by atoms with E-state index in [9.17, 15) is 14.4 Å². The molecule has 0 aliphatic carbocycles. The lowest BCUT2D eigenvalue weighted by molar-refractivity contribution is -0.168. The topological polar surface area (TPSA) is 84.9 Å². The maximum Gasteiger partial charge on any atom is 0.344 e.